The third-order valence-electron chi connectivity index (χ3n) is 14.1. The van der Waals surface area contributed by atoms with Crippen molar-refractivity contribution in [3.63, 3.8) is 0 Å². The highest BCUT2D eigenvalue weighted by atomic mass is 31.2. The van der Waals surface area contributed by atoms with Crippen molar-refractivity contribution >= 4 is 13.7 Å². The number of nitrogens with zero attached hydrogens (tertiary/aromatic N) is 1. The smallest absolute Gasteiger partial charge is 0.391 e. The van der Waals surface area contributed by atoms with Gasteiger partial charge in [0.2, 0.25) is 5.91 Å². The molecule has 0 heterocycles. The van der Waals surface area contributed by atoms with Gasteiger partial charge in [0, 0.05) is 6.42 Å². The molecule has 3 unspecified atom stereocenters. The summed E-state index contributed by atoms with van der Waals surface area (Å²) in [7, 11) is 1.64. The number of carbonyl (C=O) groups excluding carboxylic acids is 1. The number of amides is 1. The maximum atomic E-state index is 13.0. The van der Waals surface area contributed by atoms with E-state index in [-0.39, 0.29) is 19.1 Å². The normalized spacial score (nSPS) is 13.8. The summed E-state index contributed by atoms with van der Waals surface area (Å²) in [6.45, 7) is 4.94. The molecular formula is C58H120N2O6P+. The van der Waals surface area contributed by atoms with Crippen molar-refractivity contribution in [1.29, 1.82) is 0 Å². The second-order valence-electron chi connectivity index (χ2n) is 22.1. The van der Waals surface area contributed by atoms with Crippen LogP contribution in [0.4, 0.5) is 0 Å². The van der Waals surface area contributed by atoms with E-state index >= 15 is 0 Å². The van der Waals surface area contributed by atoms with Crippen LogP contribution in [0.2, 0.25) is 0 Å². The Labute approximate surface area is 419 Å². The molecule has 0 aromatic carbocycles. The maximum absolute atomic E-state index is 13.0. The number of hydrogen-bond acceptors (Lipinski definition) is 5. The predicted octanol–water partition coefficient (Wildman–Crippen LogP) is 18.0. The molecule has 3 atom stereocenters. The minimum absolute atomic E-state index is 0.0790. The van der Waals surface area contributed by atoms with Gasteiger partial charge < -0.3 is 19.8 Å². The quantitative estimate of drug-likeness (QED) is 0.0319. The number of rotatable bonds is 56. The minimum Gasteiger partial charge on any atom is -0.391 e. The molecule has 0 radical (unpaired) electrons. The molecule has 67 heavy (non-hydrogen) atoms. The third kappa shape index (κ3) is 53.1. The summed E-state index contributed by atoms with van der Waals surface area (Å²) in [5.41, 5.74) is 0. The van der Waals surface area contributed by atoms with E-state index in [2.05, 4.69) is 19.2 Å². The molecule has 1 amide bonds. The van der Waals surface area contributed by atoms with Gasteiger partial charge in [0.15, 0.2) is 0 Å². The monoisotopic (exact) mass is 972 g/mol. The van der Waals surface area contributed by atoms with Gasteiger partial charge in [-0.15, -0.1) is 0 Å². The number of phosphoric acid groups is 1. The zero-order valence-electron chi connectivity index (χ0n) is 45.9. The van der Waals surface area contributed by atoms with Gasteiger partial charge in [0.05, 0.1) is 39.9 Å². The zero-order chi connectivity index (χ0) is 49.2. The Hall–Kier alpha value is -0.500. The van der Waals surface area contributed by atoms with Crippen LogP contribution in [0.15, 0.2) is 0 Å². The van der Waals surface area contributed by atoms with E-state index in [9.17, 15) is 19.4 Å². The second kappa shape index (κ2) is 50.4. The van der Waals surface area contributed by atoms with E-state index in [1.165, 1.54) is 250 Å². The average Bonchev–Trinajstić information content (AvgIpc) is 3.29. The topological polar surface area (TPSA) is 105 Å². The van der Waals surface area contributed by atoms with Crippen molar-refractivity contribution in [2.24, 2.45) is 0 Å². The molecule has 8 nitrogen and oxygen atoms in total. The van der Waals surface area contributed by atoms with Crippen molar-refractivity contribution < 1.29 is 32.9 Å². The van der Waals surface area contributed by atoms with Gasteiger partial charge in [-0.2, -0.15) is 0 Å². The molecule has 0 aliphatic rings. The molecule has 0 aliphatic heterocycles. The molecule has 9 heteroatoms. The lowest BCUT2D eigenvalue weighted by molar-refractivity contribution is -0.870. The zero-order valence-corrected chi connectivity index (χ0v) is 46.8. The summed E-state index contributed by atoms with van der Waals surface area (Å²) in [4.78, 5) is 23.3. The van der Waals surface area contributed by atoms with E-state index in [1.54, 1.807) is 0 Å². The minimum atomic E-state index is -4.32. The van der Waals surface area contributed by atoms with Gasteiger partial charge in [-0.3, -0.25) is 13.8 Å². The fraction of sp³-hybridized carbons (Fsp3) is 0.983. The highest BCUT2D eigenvalue weighted by Gasteiger charge is 2.28. The number of aliphatic hydroxyl groups is 1. The first-order chi connectivity index (χ1) is 32.5. The van der Waals surface area contributed by atoms with Crippen LogP contribution in [0.1, 0.15) is 316 Å². The van der Waals surface area contributed by atoms with Gasteiger partial charge in [-0.1, -0.05) is 296 Å². The molecule has 3 N–H and O–H groups in total. The summed E-state index contributed by atoms with van der Waals surface area (Å²) < 4.78 is 23.8. The Kier molecular flexibility index (Phi) is 50.1. The Morgan fingerprint density at radius 3 is 1.00 bits per heavy atom. The molecule has 402 valence electrons. The number of unbranched alkanes of at least 4 members (excludes halogenated alkanes) is 43. The lowest BCUT2D eigenvalue weighted by Gasteiger charge is -2.26. The second-order valence-corrected chi connectivity index (χ2v) is 23.5. The van der Waals surface area contributed by atoms with Gasteiger partial charge in [0.25, 0.3) is 0 Å². The largest absolute Gasteiger partial charge is 0.472 e. The van der Waals surface area contributed by atoms with Gasteiger partial charge in [0.1, 0.15) is 13.2 Å². The summed E-state index contributed by atoms with van der Waals surface area (Å²) in [5, 5.41) is 14.1. The number of likely N-dealkylation sites (N-methyl/N-ethyl adjacent to an activating group) is 1. The summed E-state index contributed by atoms with van der Waals surface area (Å²) in [6.07, 6.45) is 60.3. The molecular weight excluding hydrogens is 852 g/mol. The summed E-state index contributed by atoms with van der Waals surface area (Å²) >= 11 is 0. The predicted molar refractivity (Wildman–Crippen MR) is 291 cm³/mol. The van der Waals surface area contributed by atoms with E-state index in [1.807, 2.05) is 21.1 Å². The van der Waals surface area contributed by atoms with Crippen LogP contribution in [-0.4, -0.2) is 73.4 Å². The van der Waals surface area contributed by atoms with E-state index in [0.29, 0.717) is 23.9 Å². The van der Waals surface area contributed by atoms with Crippen LogP contribution in [0, 0.1) is 0 Å². The number of nitrogens with one attached hydrogen (secondary N) is 1. The first-order valence-corrected chi connectivity index (χ1v) is 31.4. The van der Waals surface area contributed by atoms with Gasteiger partial charge in [-0.25, -0.2) is 4.57 Å². The lowest BCUT2D eigenvalue weighted by Crippen LogP contribution is -2.46. The fourth-order valence-corrected chi connectivity index (χ4v) is 10.1. The van der Waals surface area contributed by atoms with Crippen LogP contribution < -0.4 is 5.32 Å². The summed E-state index contributed by atoms with van der Waals surface area (Å²) in [6, 6.07) is -0.754. The van der Waals surface area contributed by atoms with Crippen LogP contribution in [0.5, 0.6) is 0 Å². The number of hydrogen-bond donors (Lipinski definition) is 3. The number of phosphoric ester groups is 1. The Balaban J connectivity index is 3.98. The standard InChI is InChI=1S/C58H119N2O6P/c1-6-8-10-12-14-16-18-20-22-23-24-25-26-27-28-29-30-31-32-33-34-35-36-37-38-39-41-43-45-47-49-51-57(61)56(55-66-67(63,64)65-54-53-60(3,4)5)59-58(62)52-50-48-46-44-42-40-21-19-17-15-13-11-9-7-2/h56-57,61H,6-55H2,1-5H3,(H-,59,62,63,64)/p+1. The molecule has 0 bridgehead atoms. The Bertz CT molecular complexity index is 1060. The Morgan fingerprint density at radius 2 is 0.716 bits per heavy atom. The fourth-order valence-electron chi connectivity index (χ4n) is 9.40. The van der Waals surface area contributed by atoms with E-state index in [4.69, 9.17) is 9.05 Å². The molecule has 0 aromatic rings. The van der Waals surface area contributed by atoms with Gasteiger partial charge >= 0.3 is 7.82 Å². The lowest BCUT2D eigenvalue weighted by atomic mass is 10.0. The number of aliphatic hydroxyl groups excluding tert-OH is 1. The van der Waals surface area contributed by atoms with Crippen LogP contribution in [-0.2, 0) is 18.4 Å². The molecule has 0 aromatic heterocycles. The maximum Gasteiger partial charge on any atom is 0.472 e. The molecule has 0 fully saturated rings. The summed E-state index contributed by atoms with van der Waals surface area (Å²) in [5.74, 6) is -0.138. The Morgan fingerprint density at radius 1 is 0.448 bits per heavy atom. The highest BCUT2D eigenvalue weighted by molar-refractivity contribution is 7.47. The van der Waals surface area contributed by atoms with E-state index < -0.39 is 20.0 Å². The number of quaternary nitrogens is 1. The van der Waals surface area contributed by atoms with E-state index in [0.717, 1.165) is 38.5 Å². The van der Waals surface area contributed by atoms with Crippen molar-refractivity contribution in [1.82, 2.24) is 5.32 Å². The molecule has 0 rings (SSSR count). The first-order valence-electron chi connectivity index (χ1n) is 29.9. The molecule has 0 spiro atoms. The SMILES string of the molecule is CCCCCCCCCCCCCCCCCCCCCCCCCCCCCCCCCC(O)C(COP(=O)(O)OCC[N+](C)(C)C)NC(=O)CCCCCCCCCCCCCCCC. The first kappa shape index (κ1) is 66.5. The van der Waals surface area contributed by atoms with Crippen molar-refractivity contribution in [2.45, 2.75) is 328 Å². The van der Waals surface area contributed by atoms with Crippen molar-refractivity contribution in [3.8, 4) is 0 Å². The average molecular weight is 973 g/mol. The number of carbonyl (C=O) groups is 1. The molecule has 0 aliphatic carbocycles. The van der Waals surface area contributed by atoms with Crippen molar-refractivity contribution in [2.75, 3.05) is 40.9 Å². The van der Waals surface area contributed by atoms with Crippen LogP contribution in [0.3, 0.4) is 0 Å². The third-order valence-corrected chi connectivity index (χ3v) is 15.1. The van der Waals surface area contributed by atoms with Gasteiger partial charge in [-0.05, 0) is 12.8 Å². The molecule has 0 saturated heterocycles. The highest BCUT2D eigenvalue weighted by Crippen LogP contribution is 2.43. The molecule has 0 saturated carbocycles. The van der Waals surface area contributed by atoms with Crippen LogP contribution >= 0.6 is 7.82 Å². The van der Waals surface area contributed by atoms with Crippen LogP contribution in [0.25, 0.3) is 0 Å². The van der Waals surface area contributed by atoms with Crippen molar-refractivity contribution in [3.05, 3.63) is 0 Å².